The van der Waals surface area contributed by atoms with Gasteiger partial charge in [0.25, 0.3) is 17.6 Å². The molecule has 0 spiro atoms. The number of aryl methyl sites for hydroxylation is 1. The van der Waals surface area contributed by atoms with Crippen LogP contribution in [-0.2, 0) is 4.79 Å². The standard InChI is InChI=1S/C24H24N8O4/c1-14-4-5-17(25-10-14)23(34)30-6-8-31(9-7-30)24(35)21(33)16-11-26-20-19(16)18(36-3)12-27-22(20)32-13-28-15(2)29-32/h4-5,10-13,26H,6-9H2,1-3H3/i2D3,3D3,4D,5D,6D2,7D2,8D2,9D2,10D. The molecule has 1 saturated heterocycles. The molecule has 0 aliphatic carbocycles. The van der Waals surface area contributed by atoms with Crippen LogP contribution in [0, 0.1) is 13.8 Å². The Kier molecular flexibility index (Phi) is 2.70. The lowest BCUT2D eigenvalue weighted by Crippen LogP contribution is -2.52. The summed E-state index contributed by atoms with van der Waals surface area (Å²) in [6, 6.07) is -1.76. The van der Waals surface area contributed by atoms with Crippen LogP contribution in [0.15, 0.2) is 37.0 Å². The van der Waals surface area contributed by atoms with Gasteiger partial charge in [0.1, 0.15) is 23.6 Å². The Bertz CT molecular complexity index is 2170. The Morgan fingerprint density at radius 1 is 1.14 bits per heavy atom. The summed E-state index contributed by atoms with van der Waals surface area (Å²) in [6.45, 7) is -18.0. The van der Waals surface area contributed by atoms with Gasteiger partial charge in [0, 0.05) is 42.5 Å². The summed E-state index contributed by atoms with van der Waals surface area (Å²) < 4.78 is 143. The molecular formula is C24H24N8O4. The van der Waals surface area contributed by atoms with Crippen LogP contribution in [-0.4, -0.2) is 90.1 Å². The normalized spacial score (nSPS) is 27.0. The zero-order chi connectivity index (χ0) is 40.2. The van der Waals surface area contributed by atoms with Crippen LogP contribution in [0.3, 0.4) is 0 Å². The Morgan fingerprint density at radius 2 is 1.94 bits per heavy atom. The molecule has 1 fully saturated rings. The minimum absolute atomic E-state index is 0.189. The van der Waals surface area contributed by atoms with Crippen molar-refractivity contribution in [3.63, 3.8) is 0 Å². The van der Waals surface area contributed by atoms with E-state index in [4.69, 9.17) is 28.0 Å². The van der Waals surface area contributed by atoms with E-state index in [2.05, 4.69) is 25.0 Å². The third-order valence-corrected chi connectivity index (χ3v) is 4.77. The molecule has 0 atom stereocenters. The number of H-pyrrole nitrogens is 1. The van der Waals surface area contributed by atoms with Gasteiger partial charge in [-0.25, -0.2) is 14.6 Å². The summed E-state index contributed by atoms with van der Waals surface area (Å²) in [5, 5.41) is 3.23. The largest absolute Gasteiger partial charge is 0.494 e. The monoisotopic (exact) mass is 505 g/mol. The van der Waals surface area contributed by atoms with E-state index in [1.807, 2.05) is 0 Å². The van der Waals surface area contributed by atoms with Gasteiger partial charge in [0.05, 0.1) is 48.9 Å². The molecule has 5 rings (SSSR count). The van der Waals surface area contributed by atoms with Gasteiger partial charge in [0.15, 0.2) is 5.82 Å². The summed E-state index contributed by atoms with van der Waals surface area (Å²) >= 11 is 0. The Labute approximate surface area is 229 Å². The zero-order valence-electron chi connectivity index (χ0n) is 35.0. The van der Waals surface area contributed by atoms with E-state index in [0.29, 0.717) is 0 Å². The maximum absolute atomic E-state index is 13.9. The van der Waals surface area contributed by atoms with Crippen LogP contribution < -0.4 is 4.74 Å². The van der Waals surface area contributed by atoms with E-state index in [1.54, 1.807) is 0 Å². The smallest absolute Gasteiger partial charge is 0.295 e. The third-order valence-electron chi connectivity index (χ3n) is 4.77. The Hall–Kier alpha value is -4.61. The quantitative estimate of drug-likeness (QED) is 0.317. The molecule has 0 aromatic carbocycles. The van der Waals surface area contributed by atoms with Gasteiger partial charge < -0.3 is 19.5 Å². The molecular weight excluding hydrogens is 464 g/mol. The highest BCUT2D eigenvalue weighted by Gasteiger charge is 2.31. The minimum Gasteiger partial charge on any atom is -0.494 e. The van der Waals surface area contributed by atoms with Crippen molar-refractivity contribution in [1.29, 1.82) is 0 Å². The number of hydrogen-bond donors (Lipinski definition) is 1. The number of rotatable bonds is 5. The number of piperazine rings is 1. The van der Waals surface area contributed by atoms with Gasteiger partial charge in [-0.15, -0.1) is 0 Å². The summed E-state index contributed by atoms with van der Waals surface area (Å²) in [7, 11) is -3.21. The molecule has 184 valence electrons. The minimum atomic E-state index is -4.12. The highest BCUT2D eigenvalue weighted by Crippen LogP contribution is 2.31. The summed E-state index contributed by atoms with van der Waals surface area (Å²) in [4.78, 5) is 53.9. The molecule has 12 heteroatoms. The molecule has 12 nitrogen and oxygen atoms in total. The number of fused-ring (bicyclic) bond motifs is 1. The maximum atomic E-state index is 13.9. The number of aromatic amines is 1. The fourth-order valence-corrected chi connectivity index (χ4v) is 3.13. The number of nitrogens with one attached hydrogen (secondary N) is 1. The molecule has 0 radical (unpaired) electrons. The van der Waals surface area contributed by atoms with Gasteiger partial charge >= 0.3 is 0 Å². The van der Waals surface area contributed by atoms with E-state index < -0.39 is 114 Å². The van der Waals surface area contributed by atoms with Crippen LogP contribution >= 0.6 is 0 Å². The predicted octanol–water partition coefficient (Wildman–Crippen LogP) is 1.33. The second-order valence-corrected chi connectivity index (χ2v) is 7.02. The van der Waals surface area contributed by atoms with Gasteiger partial charge in [-0.3, -0.25) is 19.4 Å². The predicted molar refractivity (Wildman–Crippen MR) is 128 cm³/mol. The molecule has 0 saturated carbocycles. The van der Waals surface area contributed by atoms with Crippen LogP contribution in [0.2, 0.25) is 0 Å². The number of hydrogen-bond acceptors (Lipinski definition) is 8. The van der Waals surface area contributed by atoms with Crippen molar-refractivity contribution in [3.8, 4) is 11.6 Å². The first-order chi connectivity index (χ1) is 24.0. The molecule has 4 aromatic rings. The number of ether oxygens (including phenoxy) is 1. The van der Waals surface area contributed by atoms with Crippen molar-refractivity contribution in [2.24, 2.45) is 0 Å². The van der Waals surface area contributed by atoms with Crippen molar-refractivity contribution in [2.75, 3.05) is 33.0 Å². The van der Waals surface area contributed by atoms with Crippen LogP contribution in [0.5, 0.6) is 5.75 Å². The van der Waals surface area contributed by atoms with Crippen LogP contribution in [0.25, 0.3) is 16.7 Å². The first-order valence-corrected chi connectivity index (χ1v) is 9.79. The Balaban J connectivity index is 1.65. The van der Waals surface area contributed by atoms with Crippen LogP contribution in [0.4, 0.5) is 0 Å². The third kappa shape index (κ3) is 4.06. The lowest BCUT2D eigenvalue weighted by Gasteiger charge is -2.34. The molecule has 36 heavy (non-hydrogen) atoms. The fraction of sp³-hybridized carbons (Fsp3) is 0.292. The van der Waals surface area contributed by atoms with E-state index in [-0.39, 0.29) is 16.9 Å². The molecule has 5 heterocycles. The molecule has 1 aliphatic rings. The summed E-state index contributed by atoms with van der Waals surface area (Å²) in [5.74, 6) is -7.75. The van der Waals surface area contributed by atoms with Crippen molar-refractivity contribution in [2.45, 2.75) is 13.8 Å². The van der Waals surface area contributed by atoms with E-state index in [9.17, 15) is 14.4 Å². The number of amides is 2. The number of ketones is 1. The van der Waals surface area contributed by atoms with Crippen molar-refractivity contribution >= 4 is 28.5 Å². The van der Waals surface area contributed by atoms with Crippen LogP contribution in [0.1, 0.15) is 55.5 Å². The molecule has 2 amide bonds. The molecule has 1 N–H and O–H groups in total. The van der Waals surface area contributed by atoms with Gasteiger partial charge in [-0.2, -0.15) is 5.10 Å². The van der Waals surface area contributed by atoms with Crippen molar-refractivity contribution < 1.29 is 42.4 Å². The summed E-state index contributed by atoms with van der Waals surface area (Å²) in [6.07, 6.45) is 1.66. The van der Waals surface area contributed by atoms with Gasteiger partial charge in [-0.05, 0) is 25.4 Å². The maximum Gasteiger partial charge on any atom is 0.295 e. The zero-order valence-corrected chi connectivity index (χ0v) is 18.0. The average molecular weight is 506 g/mol. The average Bonchev–Trinajstić information content (AvgIpc) is 3.69. The second-order valence-electron chi connectivity index (χ2n) is 7.02. The SMILES string of the molecule is [2H]c1nc(C(=O)N2C([2H])([2H])C([2H])([2H])N(C(=O)C(=O)c3c[nH]c4c(-n5cnc(C([2H])([2H])[2H])n5)ncc(OC([2H])([2H])[2H])c34)C([2H])([2H])C2([2H])[2H])c([2H])c([2H])c1C. The van der Waals surface area contributed by atoms with E-state index in [0.717, 1.165) is 23.4 Å². The molecule has 1 aliphatic heterocycles. The number of nitrogens with zero attached hydrogens (tertiary/aromatic N) is 7. The molecule has 0 bridgehead atoms. The topological polar surface area (TPSA) is 139 Å². The highest BCUT2D eigenvalue weighted by molar-refractivity contribution is 6.45. The molecule has 0 unspecified atom stereocenters. The Morgan fingerprint density at radius 3 is 2.69 bits per heavy atom. The van der Waals surface area contributed by atoms with Gasteiger partial charge in [0.2, 0.25) is 0 Å². The first-order valence-electron chi connectivity index (χ1n) is 18.3. The number of methoxy groups -OCH3 is 1. The number of carbonyl (C=O) groups is 3. The fourth-order valence-electron chi connectivity index (χ4n) is 3.13. The van der Waals surface area contributed by atoms with Gasteiger partial charge in [-0.1, -0.05) is 6.04 Å². The van der Waals surface area contributed by atoms with Crippen molar-refractivity contribution in [1.82, 2.24) is 39.5 Å². The number of pyridine rings is 2. The number of Topliss-reactive ketones (excluding diaryl/α,β-unsaturated/α-hetero) is 1. The lowest BCUT2D eigenvalue weighted by molar-refractivity contribution is -0.127. The number of carbonyl (C=O) groups excluding carboxylic acids is 3. The molecule has 4 aromatic heterocycles. The lowest BCUT2D eigenvalue weighted by atomic mass is 10.1. The number of aromatic nitrogens is 6. The highest BCUT2D eigenvalue weighted by atomic mass is 16.5. The van der Waals surface area contributed by atoms with E-state index >= 15 is 0 Å². The second kappa shape index (κ2) is 9.21. The van der Waals surface area contributed by atoms with Crippen molar-refractivity contribution in [3.05, 3.63) is 59.6 Å². The first kappa shape index (κ1) is 10.6. The summed E-state index contributed by atoms with van der Waals surface area (Å²) in [5.41, 5.74) is -2.59. The van der Waals surface area contributed by atoms with E-state index in [1.165, 1.54) is 6.92 Å².